The number of rotatable bonds is 11. The molecule has 3 N–H and O–H groups in total. The molecule has 4 aromatic rings. The van der Waals surface area contributed by atoms with Gasteiger partial charge in [-0.1, -0.05) is 6.07 Å². The number of anilines is 3. The number of halogens is 2. The van der Waals surface area contributed by atoms with Crippen LogP contribution in [0.1, 0.15) is 41.3 Å². The fourth-order valence-electron chi connectivity index (χ4n) is 5.29. The Hall–Kier alpha value is -4.02. The van der Waals surface area contributed by atoms with E-state index in [1.807, 2.05) is 30.3 Å². The van der Waals surface area contributed by atoms with Gasteiger partial charge in [-0.25, -0.2) is 8.78 Å². The quantitative estimate of drug-likeness (QED) is 0.214. The Labute approximate surface area is 245 Å². The average Bonchev–Trinajstić information content (AvgIpc) is 3.35. The predicted molar refractivity (Wildman–Crippen MR) is 164 cm³/mol. The minimum absolute atomic E-state index is 0.207. The van der Waals surface area contributed by atoms with Crippen molar-refractivity contribution < 1.29 is 18.3 Å². The third-order valence-corrected chi connectivity index (χ3v) is 7.58. The van der Waals surface area contributed by atoms with E-state index in [0.29, 0.717) is 42.0 Å². The van der Waals surface area contributed by atoms with Crippen LogP contribution in [0.5, 0.6) is 0 Å². The van der Waals surface area contributed by atoms with Gasteiger partial charge in [0.05, 0.1) is 11.1 Å². The maximum atomic E-state index is 13.7. The van der Waals surface area contributed by atoms with Crippen LogP contribution in [0, 0.1) is 11.6 Å². The Balaban J connectivity index is 1.40. The summed E-state index contributed by atoms with van der Waals surface area (Å²) in [5.74, 6) is -1.11. The largest absolute Gasteiger partial charge is 0.381 e. The molecule has 5 rings (SSSR count). The van der Waals surface area contributed by atoms with Crippen LogP contribution in [0.2, 0.25) is 0 Å². The van der Waals surface area contributed by atoms with Crippen molar-refractivity contribution in [3.63, 3.8) is 0 Å². The van der Waals surface area contributed by atoms with Gasteiger partial charge in [0.1, 0.15) is 11.6 Å². The van der Waals surface area contributed by atoms with Gasteiger partial charge in [-0.05, 0) is 93.9 Å². The summed E-state index contributed by atoms with van der Waals surface area (Å²) in [6, 6.07) is 15.2. The summed E-state index contributed by atoms with van der Waals surface area (Å²) in [6.07, 6.45) is 2.07. The molecule has 0 radical (unpaired) electrons. The number of amides is 1. The highest BCUT2D eigenvalue weighted by Gasteiger charge is 2.21. The Morgan fingerprint density at radius 1 is 1.00 bits per heavy atom. The molecule has 1 fully saturated rings. The number of aromatic nitrogens is 2. The topological polar surface area (TPSA) is 85.5 Å². The van der Waals surface area contributed by atoms with Crippen LogP contribution in [0.3, 0.4) is 0 Å². The van der Waals surface area contributed by atoms with Crippen molar-refractivity contribution in [2.24, 2.45) is 0 Å². The number of H-pyrrole nitrogens is 1. The lowest BCUT2D eigenvalue weighted by Crippen LogP contribution is -2.32. The van der Waals surface area contributed by atoms with Gasteiger partial charge in [0.2, 0.25) is 0 Å². The average molecular weight is 577 g/mol. The second kappa shape index (κ2) is 13.3. The van der Waals surface area contributed by atoms with E-state index >= 15 is 0 Å². The van der Waals surface area contributed by atoms with Gasteiger partial charge in [-0.2, -0.15) is 5.10 Å². The summed E-state index contributed by atoms with van der Waals surface area (Å²) in [5.41, 5.74) is 4.46. The lowest BCUT2D eigenvalue weighted by molar-refractivity contribution is 0.0904. The van der Waals surface area contributed by atoms with Crippen molar-refractivity contribution in [1.29, 1.82) is 0 Å². The molecule has 1 aromatic heterocycles. The highest BCUT2D eigenvalue weighted by molar-refractivity contribution is 6.11. The molecule has 0 unspecified atom stereocenters. The van der Waals surface area contributed by atoms with Gasteiger partial charge in [-0.15, -0.1) is 0 Å². The number of carbonyl (C=O) groups is 1. The molecule has 0 aliphatic carbocycles. The number of hydrogen-bond donors (Lipinski definition) is 3. The molecule has 10 heteroatoms. The molecule has 222 valence electrons. The van der Waals surface area contributed by atoms with E-state index in [1.54, 1.807) is 0 Å². The molecule has 1 aliphatic heterocycles. The second-order valence-corrected chi connectivity index (χ2v) is 11.0. The van der Waals surface area contributed by atoms with Crippen LogP contribution in [0.15, 0.2) is 54.6 Å². The van der Waals surface area contributed by atoms with Crippen LogP contribution < -0.4 is 15.5 Å². The van der Waals surface area contributed by atoms with Gasteiger partial charge >= 0.3 is 0 Å². The van der Waals surface area contributed by atoms with Crippen LogP contribution in [-0.4, -0.2) is 74.0 Å². The zero-order chi connectivity index (χ0) is 29.6. The van der Waals surface area contributed by atoms with Gasteiger partial charge in [0.15, 0.2) is 5.82 Å². The standard InChI is InChI=1S/C32H38F2N6O2/c1-4-40(12-11-39(2)3)26-6-7-27(30(20-26)35-25-9-13-42-14-10-25)32(41)36-31-28-18-21(5-8-29(28)37-38-31)15-22-16-23(33)19-24(34)17-22/h5-8,16-20,25,35H,4,9-15H2,1-3H3,(H2,36,37,38,41). The normalized spacial score (nSPS) is 14.0. The van der Waals surface area contributed by atoms with Crippen LogP contribution in [-0.2, 0) is 11.2 Å². The van der Waals surface area contributed by atoms with E-state index in [9.17, 15) is 13.6 Å². The van der Waals surface area contributed by atoms with Gasteiger partial charge < -0.3 is 25.2 Å². The summed E-state index contributed by atoms with van der Waals surface area (Å²) in [7, 11) is 4.12. The van der Waals surface area contributed by atoms with Crippen LogP contribution in [0.25, 0.3) is 10.9 Å². The molecule has 8 nitrogen and oxygen atoms in total. The third kappa shape index (κ3) is 7.24. The summed E-state index contributed by atoms with van der Waals surface area (Å²) < 4.78 is 33.0. The number of hydrogen-bond acceptors (Lipinski definition) is 6. The van der Waals surface area contributed by atoms with E-state index in [4.69, 9.17) is 4.74 Å². The van der Waals surface area contributed by atoms with E-state index in [-0.39, 0.29) is 11.9 Å². The molecule has 0 saturated carbocycles. The summed E-state index contributed by atoms with van der Waals surface area (Å²) in [5, 5.41) is 14.6. The van der Waals surface area contributed by atoms with Crippen molar-refractivity contribution in [3.8, 4) is 0 Å². The molecule has 1 aliphatic rings. The molecule has 2 heterocycles. The lowest BCUT2D eigenvalue weighted by Gasteiger charge is -2.28. The fraction of sp³-hybridized carbons (Fsp3) is 0.375. The highest BCUT2D eigenvalue weighted by Crippen LogP contribution is 2.29. The first kappa shape index (κ1) is 29.5. The first-order chi connectivity index (χ1) is 20.3. The first-order valence-corrected chi connectivity index (χ1v) is 14.4. The Bertz CT molecular complexity index is 1510. The monoisotopic (exact) mass is 576 g/mol. The van der Waals surface area contributed by atoms with Crippen LogP contribution >= 0.6 is 0 Å². The maximum Gasteiger partial charge on any atom is 0.258 e. The van der Waals surface area contributed by atoms with E-state index in [0.717, 1.165) is 61.0 Å². The fourth-order valence-corrected chi connectivity index (χ4v) is 5.29. The number of likely N-dealkylation sites (N-methyl/N-ethyl adjacent to an activating group) is 2. The Morgan fingerprint density at radius 2 is 1.76 bits per heavy atom. The first-order valence-electron chi connectivity index (χ1n) is 14.4. The molecule has 1 amide bonds. The summed E-state index contributed by atoms with van der Waals surface area (Å²) in [4.78, 5) is 18.2. The molecular formula is C32H38F2N6O2. The Morgan fingerprint density at radius 3 is 2.48 bits per heavy atom. The Kier molecular flexibility index (Phi) is 9.34. The van der Waals surface area contributed by atoms with Crippen molar-refractivity contribution in [2.45, 2.75) is 32.2 Å². The number of fused-ring (bicyclic) bond motifs is 1. The van der Waals surface area contributed by atoms with Crippen molar-refractivity contribution >= 4 is 34.0 Å². The number of nitrogens with one attached hydrogen (secondary N) is 3. The molecule has 0 spiro atoms. The summed E-state index contributed by atoms with van der Waals surface area (Å²) >= 11 is 0. The molecular weight excluding hydrogens is 538 g/mol. The molecule has 3 aromatic carbocycles. The van der Waals surface area contributed by atoms with E-state index < -0.39 is 11.6 Å². The zero-order valence-electron chi connectivity index (χ0n) is 24.3. The third-order valence-electron chi connectivity index (χ3n) is 7.58. The molecule has 42 heavy (non-hydrogen) atoms. The molecule has 1 saturated heterocycles. The predicted octanol–water partition coefficient (Wildman–Crippen LogP) is 5.66. The second-order valence-electron chi connectivity index (χ2n) is 11.0. The van der Waals surface area contributed by atoms with Crippen molar-refractivity contribution in [1.82, 2.24) is 15.1 Å². The SMILES string of the molecule is CCN(CCN(C)C)c1ccc(C(=O)Nc2n[nH]c3ccc(Cc4cc(F)cc(F)c4)cc23)c(NC2CCOCC2)c1. The minimum atomic E-state index is -0.613. The lowest BCUT2D eigenvalue weighted by atomic mass is 10.0. The number of carbonyl (C=O) groups excluding carboxylic acids is 1. The number of benzene rings is 3. The number of aromatic amines is 1. The summed E-state index contributed by atoms with van der Waals surface area (Å²) in [6.45, 7) is 6.14. The van der Waals surface area contributed by atoms with Crippen molar-refractivity contribution in [2.75, 3.05) is 62.5 Å². The molecule has 0 bridgehead atoms. The maximum absolute atomic E-state index is 13.7. The van der Waals surface area contributed by atoms with Gasteiger partial charge in [-0.3, -0.25) is 9.89 Å². The zero-order valence-corrected chi connectivity index (χ0v) is 24.3. The minimum Gasteiger partial charge on any atom is -0.381 e. The van der Waals surface area contributed by atoms with Gasteiger partial charge in [0.25, 0.3) is 5.91 Å². The van der Waals surface area contributed by atoms with E-state index in [2.05, 4.69) is 57.7 Å². The number of ether oxygens (including phenoxy) is 1. The van der Waals surface area contributed by atoms with Gasteiger partial charge in [0, 0.05) is 61.7 Å². The van der Waals surface area contributed by atoms with Crippen molar-refractivity contribution in [3.05, 3.63) is 82.9 Å². The highest BCUT2D eigenvalue weighted by atomic mass is 19.1. The smallest absolute Gasteiger partial charge is 0.258 e. The molecule has 0 atom stereocenters. The van der Waals surface area contributed by atoms with E-state index in [1.165, 1.54) is 12.1 Å². The number of nitrogens with zero attached hydrogens (tertiary/aromatic N) is 3. The van der Waals surface area contributed by atoms with Crippen LogP contribution in [0.4, 0.5) is 26.0 Å².